The molecule has 102 valence electrons. The zero-order valence-corrected chi connectivity index (χ0v) is 12.1. The lowest BCUT2D eigenvalue weighted by Crippen LogP contribution is -2.49. The number of nitrogens with zero attached hydrogens (tertiary/aromatic N) is 2. The lowest BCUT2D eigenvalue weighted by Gasteiger charge is -2.27. The van der Waals surface area contributed by atoms with Gasteiger partial charge in [-0.05, 0) is 19.3 Å². The van der Waals surface area contributed by atoms with Crippen molar-refractivity contribution < 1.29 is 4.79 Å². The molecule has 0 aliphatic heterocycles. The van der Waals surface area contributed by atoms with Crippen LogP contribution in [-0.2, 0) is 11.8 Å². The highest BCUT2D eigenvalue weighted by Crippen LogP contribution is 2.20. The van der Waals surface area contributed by atoms with Gasteiger partial charge in [0.25, 0.3) is 0 Å². The summed E-state index contributed by atoms with van der Waals surface area (Å²) >= 11 is 0. The number of nitrogens with two attached hydrogens (primary N) is 1. The predicted octanol–water partition coefficient (Wildman–Crippen LogP) is 1.28. The first kappa shape index (κ1) is 14.7. The van der Waals surface area contributed by atoms with Crippen molar-refractivity contribution in [1.29, 1.82) is 0 Å². The Morgan fingerprint density at radius 3 is 2.44 bits per heavy atom. The fourth-order valence-electron chi connectivity index (χ4n) is 1.71. The van der Waals surface area contributed by atoms with E-state index in [0.717, 1.165) is 11.3 Å². The first-order chi connectivity index (χ1) is 8.14. The van der Waals surface area contributed by atoms with Gasteiger partial charge in [0.2, 0.25) is 5.91 Å². The number of rotatable bonds is 3. The van der Waals surface area contributed by atoms with Crippen LogP contribution < -0.4 is 11.1 Å². The Hall–Kier alpha value is -1.36. The van der Waals surface area contributed by atoms with E-state index in [0.29, 0.717) is 0 Å². The van der Waals surface area contributed by atoms with Gasteiger partial charge >= 0.3 is 0 Å². The summed E-state index contributed by atoms with van der Waals surface area (Å²) in [6, 6.07) is -0.600. The second-order valence-corrected chi connectivity index (χ2v) is 5.88. The van der Waals surface area contributed by atoms with Gasteiger partial charge in [-0.2, -0.15) is 5.10 Å². The maximum absolute atomic E-state index is 12.0. The maximum Gasteiger partial charge on any atom is 0.237 e. The molecule has 5 heteroatoms. The average molecular weight is 252 g/mol. The number of hydrogen-bond donors (Lipinski definition) is 2. The number of carbonyl (C=O) groups is 1. The Labute approximate surface area is 109 Å². The molecule has 1 rings (SSSR count). The molecule has 0 aliphatic carbocycles. The smallest absolute Gasteiger partial charge is 0.237 e. The summed E-state index contributed by atoms with van der Waals surface area (Å²) in [7, 11) is 1.88. The molecular formula is C13H24N4O. The van der Waals surface area contributed by atoms with Gasteiger partial charge < -0.3 is 11.1 Å². The van der Waals surface area contributed by atoms with Gasteiger partial charge in [0.15, 0.2) is 0 Å². The molecule has 0 radical (unpaired) electrons. The second-order valence-electron chi connectivity index (χ2n) is 5.88. The van der Waals surface area contributed by atoms with Gasteiger partial charge in [-0.15, -0.1) is 0 Å². The van der Waals surface area contributed by atoms with Crippen molar-refractivity contribution in [2.45, 2.75) is 46.7 Å². The third kappa shape index (κ3) is 3.10. The summed E-state index contributed by atoms with van der Waals surface area (Å²) in [4.78, 5) is 12.0. The molecular weight excluding hydrogens is 228 g/mol. The zero-order chi connectivity index (χ0) is 14.1. The van der Waals surface area contributed by atoms with Crippen LogP contribution in [0.15, 0.2) is 6.20 Å². The van der Waals surface area contributed by atoms with Crippen molar-refractivity contribution >= 4 is 5.91 Å². The Morgan fingerprint density at radius 1 is 1.50 bits per heavy atom. The molecule has 1 heterocycles. The van der Waals surface area contributed by atoms with Crippen LogP contribution in [0.3, 0.4) is 0 Å². The van der Waals surface area contributed by atoms with Crippen molar-refractivity contribution in [2.24, 2.45) is 18.2 Å². The van der Waals surface area contributed by atoms with Crippen LogP contribution in [0.4, 0.5) is 0 Å². The van der Waals surface area contributed by atoms with Gasteiger partial charge in [-0.1, -0.05) is 20.8 Å². The number of carbonyl (C=O) groups excluding carboxylic acids is 1. The average Bonchev–Trinajstić information content (AvgIpc) is 2.57. The zero-order valence-electron chi connectivity index (χ0n) is 12.1. The number of nitrogens with one attached hydrogen (secondary N) is 1. The van der Waals surface area contributed by atoms with Crippen LogP contribution in [0.2, 0.25) is 0 Å². The number of aromatic nitrogens is 2. The molecule has 1 amide bonds. The van der Waals surface area contributed by atoms with E-state index >= 15 is 0 Å². The normalized spacial score (nSPS) is 15.3. The third-order valence-electron chi connectivity index (χ3n) is 3.31. The summed E-state index contributed by atoms with van der Waals surface area (Å²) in [6.07, 6.45) is 1.78. The van der Waals surface area contributed by atoms with Crippen molar-refractivity contribution in [1.82, 2.24) is 15.1 Å². The molecule has 0 fully saturated rings. The van der Waals surface area contributed by atoms with E-state index in [1.807, 2.05) is 41.7 Å². The largest absolute Gasteiger partial charge is 0.348 e. The third-order valence-corrected chi connectivity index (χ3v) is 3.31. The first-order valence-electron chi connectivity index (χ1n) is 6.19. The topological polar surface area (TPSA) is 72.9 Å². The standard InChI is InChI=1S/C13H24N4O/c1-8(10-7-15-17(6)9(10)2)16-12(18)11(14)13(3,4)5/h7-8,11H,14H2,1-6H3,(H,16,18). The summed E-state index contributed by atoms with van der Waals surface area (Å²) < 4.78 is 1.79. The Balaban J connectivity index is 2.74. The Kier molecular flexibility index (Phi) is 4.16. The van der Waals surface area contributed by atoms with Crippen molar-refractivity contribution in [3.8, 4) is 0 Å². The number of hydrogen-bond acceptors (Lipinski definition) is 3. The second kappa shape index (κ2) is 5.10. The van der Waals surface area contributed by atoms with E-state index in [-0.39, 0.29) is 17.4 Å². The van der Waals surface area contributed by atoms with Gasteiger partial charge in [-0.25, -0.2) is 0 Å². The molecule has 0 aliphatic rings. The van der Waals surface area contributed by atoms with E-state index in [9.17, 15) is 4.79 Å². The quantitative estimate of drug-likeness (QED) is 0.851. The van der Waals surface area contributed by atoms with Crippen molar-refractivity contribution in [2.75, 3.05) is 0 Å². The van der Waals surface area contributed by atoms with Gasteiger partial charge in [0, 0.05) is 18.3 Å². The molecule has 0 saturated carbocycles. The molecule has 3 N–H and O–H groups in total. The van der Waals surface area contributed by atoms with E-state index < -0.39 is 6.04 Å². The molecule has 1 aromatic rings. The van der Waals surface area contributed by atoms with Crippen LogP contribution in [-0.4, -0.2) is 21.7 Å². The molecule has 0 spiro atoms. The molecule has 5 nitrogen and oxygen atoms in total. The Morgan fingerprint density at radius 2 is 2.06 bits per heavy atom. The monoisotopic (exact) mass is 252 g/mol. The first-order valence-corrected chi connectivity index (χ1v) is 6.19. The van der Waals surface area contributed by atoms with E-state index in [1.54, 1.807) is 10.9 Å². The van der Waals surface area contributed by atoms with E-state index in [2.05, 4.69) is 10.4 Å². The molecule has 0 aromatic carbocycles. The fraction of sp³-hybridized carbons (Fsp3) is 0.692. The van der Waals surface area contributed by atoms with Crippen LogP contribution >= 0.6 is 0 Å². The summed E-state index contributed by atoms with van der Waals surface area (Å²) in [5.74, 6) is -0.127. The summed E-state index contributed by atoms with van der Waals surface area (Å²) in [5, 5.41) is 7.11. The highest BCUT2D eigenvalue weighted by Gasteiger charge is 2.28. The lowest BCUT2D eigenvalue weighted by molar-refractivity contribution is -0.125. The number of amides is 1. The maximum atomic E-state index is 12.0. The van der Waals surface area contributed by atoms with Crippen molar-refractivity contribution in [3.63, 3.8) is 0 Å². The Bertz CT molecular complexity index is 431. The highest BCUT2D eigenvalue weighted by molar-refractivity contribution is 5.82. The van der Waals surface area contributed by atoms with Gasteiger partial charge in [-0.3, -0.25) is 9.48 Å². The molecule has 2 unspecified atom stereocenters. The predicted molar refractivity (Wildman–Crippen MR) is 71.9 cm³/mol. The summed E-state index contributed by atoms with van der Waals surface area (Å²) in [5.41, 5.74) is 7.76. The molecule has 2 atom stereocenters. The number of aryl methyl sites for hydroxylation is 1. The van der Waals surface area contributed by atoms with E-state index in [1.165, 1.54) is 0 Å². The van der Waals surface area contributed by atoms with E-state index in [4.69, 9.17) is 5.73 Å². The molecule has 18 heavy (non-hydrogen) atoms. The molecule has 0 saturated heterocycles. The molecule has 0 bridgehead atoms. The van der Waals surface area contributed by atoms with Crippen LogP contribution in [0.1, 0.15) is 45.0 Å². The van der Waals surface area contributed by atoms with Gasteiger partial charge in [0.05, 0.1) is 18.3 Å². The van der Waals surface area contributed by atoms with Gasteiger partial charge in [0.1, 0.15) is 0 Å². The van der Waals surface area contributed by atoms with Crippen LogP contribution in [0.5, 0.6) is 0 Å². The lowest BCUT2D eigenvalue weighted by atomic mass is 9.86. The minimum absolute atomic E-state index is 0.0837. The summed E-state index contributed by atoms with van der Waals surface area (Å²) in [6.45, 7) is 9.79. The minimum Gasteiger partial charge on any atom is -0.348 e. The SMILES string of the molecule is Cc1c(C(C)NC(=O)C(N)C(C)(C)C)cnn1C. The van der Waals surface area contributed by atoms with Crippen molar-refractivity contribution in [3.05, 3.63) is 17.5 Å². The highest BCUT2D eigenvalue weighted by atomic mass is 16.2. The van der Waals surface area contributed by atoms with Crippen LogP contribution in [0, 0.1) is 12.3 Å². The fourth-order valence-corrected chi connectivity index (χ4v) is 1.71. The van der Waals surface area contributed by atoms with Crippen LogP contribution in [0.25, 0.3) is 0 Å². The minimum atomic E-state index is -0.517. The molecule has 1 aromatic heterocycles.